The number of ether oxygens (including phenoxy) is 2. The number of carbonyl (C=O) groups is 3. The third-order valence-corrected chi connectivity index (χ3v) is 6.57. The van der Waals surface area contributed by atoms with Crippen LogP contribution in [0.1, 0.15) is 31.9 Å². The van der Waals surface area contributed by atoms with Crippen LogP contribution in [0.5, 0.6) is 0 Å². The van der Waals surface area contributed by atoms with E-state index >= 15 is 0 Å². The molecule has 2 N–H and O–H groups in total. The molecule has 0 atom stereocenters. The van der Waals surface area contributed by atoms with Gasteiger partial charge in [0, 0.05) is 23.3 Å². The van der Waals surface area contributed by atoms with Crippen molar-refractivity contribution in [2.24, 2.45) is 10.2 Å². The fourth-order valence-electron chi connectivity index (χ4n) is 2.79. The first-order valence-corrected chi connectivity index (χ1v) is 13.7. The van der Waals surface area contributed by atoms with Crippen molar-refractivity contribution in [1.29, 1.82) is 0 Å². The molecule has 2 amide bonds. The Morgan fingerprint density at radius 1 is 1.12 bits per heavy atom. The minimum Gasteiger partial charge on any atom is -0.468 e. The minimum absolute atomic E-state index is 0.0753. The third-order valence-electron chi connectivity index (χ3n) is 4.61. The fourth-order valence-corrected chi connectivity index (χ4v) is 4.35. The molecule has 1 aliphatic heterocycles. The average Bonchev–Trinajstić information content (AvgIpc) is 2.93. The quantitative estimate of drug-likeness (QED) is 0.145. The van der Waals surface area contributed by atoms with Crippen LogP contribution < -0.4 is 10.9 Å². The molecular formula is C24H24F2N6O9S2. The van der Waals surface area contributed by atoms with Gasteiger partial charge in [-0.3, -0.25) is 29.8 Å². The van der Waals surface area contributed by atoms with Crippen LogP contribution in [0.2, 0.25) is 0 Å². The number of carbonyl (C=O) groups excluding carboxylic acids is 3. The molecule has 19 heteroatoms. The van der Waals surface area contributed by atoms with Gasteiger partial charge in [0.1, 0.15) is 27.3 Å². The number of nitro benzene ring substituents is 2. The van der Waals surface area contributed by atoms with Crippen molar-refractivity contribution < 1.29 is 42.5 Å². The lowest BCUT2D eigenvalue weighted by Gasteiger charge is -2.18. The van der Waals surface area contributed by atoms with Gasteiger partial charge in [0.05, 0.1) is 40.6 Å². The molecule has 0 bridgehead atoms. The Morgan fingerprint density at radius 3 is 2.21 bits per heavy atom. The van der Waals surface area contributed by atoms with E-state index in [1.54, 1.807) is 20.8 Å². The summed E-state index contributed by atoms with van der Waals surface area (Å²) in [5, 5.41) is 28.8. The number of esters is 1. The average molecular weight is 643 g/mol. The first-order chi connectivity index (χ1) is 20.1. The van der Waals surface area contributed by atoms with Gasteiger partial charge in [-0.05, 0) is 32.9 Å². The number of benzene rings is 2. The Balaban J connectivity index is 0.000000326. The molecule has 1 heterocycles. The molecule has 2 aromatic rings. The maximum atomic E-state index is 14.2. The van der Waals surface area contributed by atoms with Gasteiger partial charge in [-0.25, -0.2) is 24.4 Å². The smallest absolute Gasteiger partial charge is 0.428 e. The van der Waals surface area contributed by atoms with E-state index < -0.39 is 44.8 Å². The van der Waals surface area contributed by atoms with E-state index in [0.29, 0.717) is 5.04 Å². The van der Waals surface area contributed by atoms with Gasteiger partial charge < -0.3 is 9.47 Å². The van der Waals surface area contributed by atoms with Crippen molar-refractivity contribution in [1.82, 2.24) is 10.9 Å². The Hall–Kier alpha value is -4.65. The lowest BCUT2D eigenvalue weighted by Crippen LogP contribution is -2.30. The number of thioether (sulfide) groups is 2. The molecule has 0 aliphatic carbocycles. The molecule has 15 nitrogen and oxygen atoms in total. The van der Waals surface area contributed by atoms with Crippen LogP contribution >= 0.6 is 23.5 Å². The molecular weight excluding hydrogens is 618 g/mol. The van der Waals surface area contributed by atoms with Crippen LogP contribution in [-0.2, 0) is 19.1 Å². The molecule has 0 saturated heterocycles. The number of nitrogens with zero attached hydrogens (tertiary/aromatic N) is 4. The maximum Gasteiger partial charge on any atom is 0.428 e. The Kier molecular flexibility index (Phi) is 12.5. The SMILES string of the molecule is COC(=O)CSC(=NNC(=O)OC(C)(C)C)c1ccc([N+](=O)[O-])cc1F.O=C1CSC(c2ccc([N+](=O)[O-])cc2F)=NN1. The highest BCUT2D eigenvalue weighted by atomic mass is 32.2. The Bertz CT molecular complexity index is 1480. The van der Waals surface area contributed by atoms with Crippen LogP contribution in [0.3, 0.4) is 0 Å². The highest BCUT2D eigenvalue weighted by Crippen LogP contribution is 2.23. The zero-order valence-corrected chi connectivity index (χ0v) is 24.5. The molecule has 0 aromatic heterocycles. The largest absolute Gasteiger partial charge is 0.468 e. The Labute approximate surface area is 250 Å². The normalized spacial score (nSPS) is 13.0. The van der Waals surface area contributed by atoms with Gasteiger partial charge in [-0.2, -0.15) is 10.2 Å². The van der Waals surface area contributed by atoms with E-state index in [4.69, 9.17) is 4.74 Å². The summed E-state index contributed by atoms with van der Waals surface area (Å²) in [6.07, 6.45) is -0.879. The van der Waals surface area contributed by atoms with E-state index in [2.05, 4.69) is 25.8 Å². The number of methoxy groups -OCH3 is 1. The molecule has 1 aliphatic rings. The monoisotopic (exact) mass is 642 g/mol. The topological polar surface area (TPSA) is 205 Å². The summed E-state index contributed by atoms with van der Waals surface area (Å²) < 4.78 is 37.3. The molecule has 230 valence electrons. The summed E-state index contributed by atoms with van der Waals surface area (Å²) in [5.74, 6) is -2.58. The summed E-state index contributed by atoms with van der Waals surface area (Å²) in [6.45, 7) is 4.96. The lowest BCUT2D eigenvalue weighted by atomic mass is 10.2. The zero-order valence-electron chi connectivity index (χ0n) is 22.9. The van der Waals surface area contributed by atoms with Gasteiger partial charge in [-0.1, -0.05) is 23.5 Å². The van der Waals surface area contributed by atoms with Gasteiger partial charge in [0.15, 0.2) is 0 Å². The summed E-state index contributed by atoms with van der Waals surface area (Å²) in [5.41, 5.74) is 2.81. The van der Waals surface area contributed by atoms with Crippen LogP contribution in [0.4, 0.5) is 25.0 Å². The second-order valence-electron chi connectivity index (χ2n) is 8.98. The highest BCUT2D eigenvalue weighted by molar-refractivity contribution is 8.15. The number of halogens is 2. The molecule has 0 spiro atoms. The highest BCUT2D eigenvalue weighted by Gasteiger charge is 2.21. The predicted octanol–water partition coefficient (Wildman–Crippen LogP) is 4.08. The summed E-state index contributed by atoms with van der Waals surface area (Å²) in [7, 11) is 1.19. The number of nitro groups is 2. The molecule has 3 rings (SSSR count). The first-order valence-electron chi connectivity index (χ1n) is 11.8. The van der Waals surface area contributed by atoms with Crippen molar-refractivity contribution >= 4 is 63.0 Å². The second-order valence-corrected chi connectivity index (χ2v) is 10.9. The molecule has 0 radical (unpaired) electrons. The lowest BCUT2D eigenvalue weighted by molar-refractivity contribution is -0.385. The second kappa shape index (κ2) is 15.5. The van der Waals surface area contributed by atoms with Gasteiger partial charge in [0.25, 0.3) is 17.3 Å². The molecule has 0 unspecified atom stereocenters. The van der Waals surface area contributed by atoms with Crippen LogP contribution in [-0.4, -0.2) is 62.1 Å². The van der Waals surface area contributed by atoms with Crippen molar-refractivity contribution in [3.8, 4) is 0 Å². The van der Waals surface area contributed by atoms with Crippen LogP contribution in [0.15, 0.2) is 46.6 Å². The molecule has 0 fully saturated rings. The predicted molar refractivity (Wildman–Crippen MR) is 154 cm³/mol. The number of rotatable bonds is 7. The van der Waals surface area contributed by atoms with E-state index in [1.807, 2.05) is 0 Å². The van der Waals surface area contributed by atoms with E-state index in [1.165, 1.54) is 19.2 Å². The van der Waals surface area contributed by atoms with E-state index in [0.717, 1.165) is 47.8 Å². The van der Waals surface area contributed by atoms with Crippen molar-refractivity contribution in [3.63, 3.8) is 0 Å². The van der Waals surface area contributed by atoms with E-state index in [9.17, 15) is 43.4 Å². The number of hydrazone groups is 2. The number of non-ortho nitro benzene ring substituents is 2. The van der Waals surface area contributed by atoms with Crippen molar-refractivity contribution in [3.05, 3.63) is 79.4 Å². The van der Waals surface area contributed by atoms with Gasteiger partial charge in [-0.15, -0.1) is 0 Å². The molecule has 0 saturated carbocycles. The summed E-state index contributed by atoms with van der Waals surface area (Å²) in [4.78, 5) is 53.6. The maximum absolute atomic E-state index is 14.2. The number of nitrogens with one attached hydrogen (secondary N) is 2. The third kappa shape index (κ3) is 11.3. The molecule has 2 aromatic carbocycles. The number of hydrogen-bond acceptors (Lipinski definition) is 13. The molecule has 43 heavy (non-hydrogen) atoms. The summed E-state index contributed by atoms with van der Waals surface area (Å²) >= 11 is 1.87. The van der Waals surface area contributed by atoms with Crippen molar-refractivity contribution in [2.45, 2.75) is 26.4 Å². The number of hydrogen-bond donors (Lipinski definition) is 2. The summed E-state index contributed by atoms with van der Waals surface area (Å²) in [6, 6.07) is 6.23. The number of amides is 2. The standard InChI is InChI=1S/C15H18FN3O6S.C9H6FN3O3S/c1-15(2,3)25-14(21)18-17-13(26-8-12(20)24-4)10-6-5-9(19(22)23)7-11(10)16;10-7-3-5(13(15)16)1-2-6(7)9-12-11-8(14)4-17-9/h5-7H,8H2,1-4H3,(H,18,21);1-3H,4H2,(H,11,14). The first kappa shape index (κ1) is 34.6. The van der Waals surface area contributed by atoms with Gasteiger partial charge in [0.2, 0.25) is 0 Å². The Morgan fingerprint density at radius 2 is 1.72 bits per heavy atom. The fraction of sp³-hybridized carbons (Fsp3) is 0.292. The van der Waals surface area contributed by atoms with Crippen LogP contribution in [0.25, 0.3) is 0 Å². The minimum atomic E-state index is -0.929. The zero-order chi connectivity index (χ0) is 32.3. The van der Waals surface area contributed by atoms with Crippen LogP contribution in [0, 0.1) is 31.9 Å². The van der Waals surface area contributed by atoms with Crippen molar-refractivity contribution in [2.75, 3.05) is 18.6 Å². The van der Waals surface area contributed by atoms with E-state index in [-0.39, 0.29) is 39.3 Å². The van der Waals surface area contributed by atoms with Gasteiger partial charge >= 0.3 is 12.1 Å².